The summed E-state index contributed by atoms with van der Waals surface area (Å²) >= 11 is 0. The summed E-state index contributed by atoms with van der Waals surface area (Å²) in [7, 11) is 0. The van der Waals surface area contributed by atoms with Crippen molar-refractivity contribution in [2.24, 2.45) is 0 Å². The summed E-state index contributed by atoms with van der Waals surface area (Å²) in [5.41, 5.74) is 2.58. The van der Waals surface area contributed by atoms with Gasteiger partial charge in [0.05, 0.1) is 18.9 Å². The van der Waals surface area contributed by atoms with Crippen molar-refractivity contribution in [1.29, 1.82) is 0 Å². The lowest BCUT2D eigenvalue weighted by atomic mass is 10.1. The van der Waals surface area contributed by atoms with Crippen LogP contribution < -0.4 is 0 Å². The molecule has 0 aliphatic heterocycles. The number of hydrogen-bond acceptors (Lipinski definition) is 6. The number of carbonyl (C=O) groups is 2. The monoisotopic (exact) mass is 317 g/mol. The van der Waals surface area contributed by atoms with Crippen molar-refractivity contribution in [3.05, 3.63) is 40.7 Å². The lowest BCUT2D eigenvalue weighted by Gasteiger charge is -2.09. The Kier molecular flexibility index (Phi) is 5.10. The largest absolute Gasteiger partial charge is 0.461 e. The van der Waals surface area contributed by atoms with Crippen molar-refractivity contribution >= 4 is 11.9 Å². The first-order valence-corrected chi connectivity index (χ1v) is 7.37. The molecule has 1 aromatic carbocycles. The number of nitrogens with zero attached hydrogens (tertiary/aromatic N) is 3. The number of rotatable bonds is 5. The normalized spacial score (nSPS) is 10.4. The Bertz CT molecular complexity index is 737. The molecular weight excluding hydrogens is 298 g/mol. The molecular formula is C16H19N3O4. The van der Waals surface area contributed by atoms with Gasteiger partial charge in [-0.1, -0.05) is 11.3 Å². The van der Waals surface area contributed by atoms with Crippen LogP contribution in [0.4, 0.5) is 0 Å². The lowest BCUT2D eigenvalue weighted by Crippen LogP contribution is -2.17. The van der Waals surface area contributed by atoms with E-state index >= 15 is 0 Å². The standard InChI is InChI=1S/C16H19N3O4/c1-5-22-15(20)13-14(16(21)23-6-2)19(18-17-13)12-8-7-10(3)11(4)9-12/h7-9H,5-6H2,1-4H3. The van der Waals surface area contributed by atoms with Crippen molar-refractivity contribution in [3.63, 3.8) is 0 Å². The zero-order valence-electron chi connectivity index (χ0n) is 13.6. The highest BCUT2D eigenvalue weighted by Gasteiger charge is 2.28. The molecule has 0 saturated heterocycles. The van der Waals surface area contributed by atoms with Crippen molar-refractivity contribution < 1.29 is 19.1 Å². The van der Waals surface area contributed by atoms with Gasteiger partial charge in [-0.3, -0.25) is 0 Å². The Hall–Kier alpha value is -2.70. The second-order valence-electron chi connectivity index (χ2n) is 4.91. The molecule has 0 aliphatic rings. The molecule has 0 atom stereocenters. The van der Waals surface area contributed by atoms with Crippen LogP contribution in [0.25, 0.3) is 5.69 Å². The fourth-order valence-corrected chi connectivity index (χ4v) is 2.04. The van der Waals surface area contributed by atoms with E-state index in [0.717, 1.165) is 11.1 Å². The minimum atomic E-state index is -0.703. The lowest BCUT2D eigenvalue weighted by molar-refractivity contribution is 0.0469. The number of hydrogen-bond donors (Lipinski definition) is 0. The Labute approximate surface area is 134 Å². The topological polar surface area (TPSA) is 83.3 Å². The fourth-order valence-electron chi connectivity index (χ4n) is 2.04. The van der Waals surface area contributed by atoms with E-state index < -0.39 is 11.9 Å². The third-order valence-electron chi connectivity index (χ3n) is 3.34. The predicted octanol–water partition coefficient (Wildman–Crippen LogP) is 2.24. The molecule has 0 fully saturated rings. The van der Waals surface area contributed by atoms with Crippen LogP contribution in [0.3, 0.4) is 0 Å². The molecule has 23 heavy (non-hydrogen) atoms. The Morgan fingerprint density at radius 1 is 1.04 bits per heavy atom. The summed E-state index contributed by atoms with van der Waals surface area (Å²) in [4.78, 5) is 24.2. The van der Waals surface area contributed by atoms with Crippen LogP contribution in [-0.2, 0) is 9.47 Å². The van der Waals surface area contributed by atoms with Crippen molar-refractivity contribution in [1.82, 2.24) is 15.0 Å². The molecule has 7 heteroatoms. The molecule has 2 aromatic rings. The molecule has 0 radical (unpaired) electrons. The van der Waals surface area contributed by atoms with E-state index in [9.17, 15) is 9.59 Å². The summed E-state index contributed by atoms with van der Waals surface area (Å²) in [5.74, 6) is -1.37. The van der Waals surface area contributed by atoms with Gasteiger partial charge in [0.15, 0.2) is 5.69 Å². The molecule has 1 aromatic heterocycles. The Morgan fingerprint density at radius 2 is 1.70 bits per heavy atom. The summed E-state index contributed by atoms with van der Waals surface area (Å²) in [5, 5.41) is 7.73. The van der Waals surface area contributed by atoms with Crippen LogP contribution in [-0.4, -0.2) is 40.1 Å². The summed E-state index contributed by atoms with van der Waals surface area (Å²) in [6, 6.07) is 5.57. The predicted molar refractivity (Wildman–Crippen MR) is 82.7 cm³/mol. The van der Waals surface area contributed by atoms with Gasteiger partial charge in [-0.05, 0) is 51.0 Å². The maximum atomic E-state index is 12.3. The van der Waals surface area contributed by atoms with E-state index in [1.807, 2.05) is 26.0 Å². The van der Waals surface area contributed by atoms with Gasteiger partial charge in [0.1, 0.15) is 0 Å². The van der Waals surface area contributed by atoms with E-state index in [2.05, 4.69) is 10.3 Å². The number of benzene rings is 1. The fraction of sp³-hybridized carbons (Fsp3) is 0.375. The van der Waals surface area contributed by atoms with Crippen LogP contribution >= 0.6 is 0 Å². The SMILES string of the molecule is CCOC(=O)c1nnn(-c2ccc(C)c(C)c2)c1C(=O)OCC. The van der Waals surface area contributed by atoms with E-state index in [1.165, 1.54) is 4.68 Å². The van der Waals surface area contributed by atoms with E-state index in [0.29, 0.717) is 5.69 Å². The molecule has 0 unspecified atom stereocenters. The minimum Gasteiger partial charge on any atom is -0.461 e. The summed E-state index contributed by atoms with van der Waals surface area (Å²) in [6.45, 7) is 7.65. The highest BCUT2D eigenvalue weighted by atomic mass is 16.5. The molecule has 0 aliphatic carbocycles. The highest BCUT2D eigenvalue weighted by Crippen LogP contribution is 2.18. The van der Waals surface area contributed by atoms with Crippen LogP contribution in [0.5, 0.6) is 0 Å². The molecule has 1 heterocycles. The van der Waals surface area contributed by atoms with Crippen molar-refractivity contribution in [3.8, 4) is 5.69 Å². The number of carbonyl (C=O) groups excluding carboxylic acids is 2. The quantitative estimate of drug-likeness (QED) is 0.786. The molecule has 122 valence electrons. The van der Waals surface area contributed by atoms with Crippen molar-refractivity contribution in [2.75, 3.05) is 13.2 Å². The van der Waals surface area contributed by atoms with Gasteiger partial charge in [-0.25, -0.2) is 14.3 Å². The minimum absolute atomic E-state index is 0.0337. The second kappa shape index (κ2) is 7.04. The molecule has 0 saturated carbocycles. The second-order valence-corrected chi connectivity index (χ2v) is 4.91. The maximum absolute atomic E-state index is 12.3. The number of aryl methyl sites for hydroxylation is 2. The van der Waals surface area contributed by atoms with Gasteiger partial charge in [0.25, 0.3) is 0 Å². The van der Waals surface area contributed by atoms with E-state index in [4.69, 9.17) is 9.47 Å². The van der Waals surface area contributed by atoms with Gasteiger partial charge in [0, 0.05) is 0 Å². The molecule has 0 N–H and O–H groups in total. The van der Waals surface area contributed by atoms with Gasteiger partial charge in [-0.15, -0.1) is 5.10 Å². The van der Waals surface area contributed by atoms with Crippen LogP contribution in [0.1, 0.15) is 46.0 Å². The summed E-state index contributed by atoms with van der Waals surface area (Å²) < 4.78 is 11.3. The van der Waals surface area contributed by atoms with Crippen LogP contribution in [0.15, 0.2) is 18.2 Å². The molecule has 0 spiro atoms. The smallest absolute Gasteiger partial charge is 0.361 e. The molecule has 0 amide bonds. The molecule has 7 nitrogen and oxygen atoms in total. The number of aromatic nitrogens is 3. The zero-order valence-corrected chi connectivity index (χ0v) is 13.6. The summed E-state index contributed by atoms with van der Waals surface area (Å²) in [6.07, 6.45) is 0. The zero-order chi connectivity index (χ0) is 17.0. The highest BCUT2D eigenvalue weighted by molar-refractivity contribution is 6.00. The van der Waals surface area contributed by atoms with Crippen molar-refractivity contribution in [2.45, 2.75) is 27.7 Å². The molecule has 2 rings (SSSR count). The van der Waals surface area contributed by atoms with Gasteiger partial charge < -0.3 is 9.47 Å². The maximum Gasteiger partial charge on any atom is 0.361 e. The van der Waals surface area contributed by atoms with E-state index in [1.54, 1.807) is 19.9 Å². The van der Waals surface area contributed by atoms with E-state index in [-0.39, 0.29) is 24.6 Å². The number of esters is 2. The Morgan fingerprint density at radius 3 is 2.30 bits per heavy atom. The first-order chi connectivity index (χ1) is 11.0. The van der Waals surface area contributed by atoms with Gasteiger partial charge >= 0.3 is 11.9 Å². The average Bonchev–Trinajstić information content (AvgIpc) is 2.95. The number of ether oxygens (including phenoxy) is 2. The van der Waals surface area contributed by atoms with Gasteiger partial charge in [-0.2, -0.15) is 0 Å². The Balaban J connectivity index is 2.56. The average molecular weight is 317 g/mol. The van der Waals surface area contributed by atoms with Crippen LogP contribution in [0, 0.1) is 13.8 Å². The third-order valence-corrected chi connectivity index (χ3v) is 3.34. The first kappa shape index (κ1) is 16.7. The third kappa shape index (κ3) is 3.39. The first-order valence-electron chi connectivity index (χ1n) is 7.37. The molecule has 0 bridgehead atoms. The van der Waals surface area contributed by atoms with Gasteiger partial charge in [0.2, 0.25) is 5.69 Å². The van der Waals surface area contributed by atoms with Crippen LogP contribution in [0.2, 0.25) is 0 Å².